The smallest absolute Gasteiger partial charge is 0.377 e. The van der Waals surface area contributed by atoms with Gasteiger partial charge in [0, 0.05) is 5.56 Å². The van der Waals surface area contributed by atoms with Crippen molar-refractivity contribution >= 4 is 27.7 Å². The summed E-state index contributed by atoms with van der Waals surface area (Å²) in [6.07, 6.45) is 0. The number of halogens is 1. The fourth-order valence-electron chi connectivity index (χ4n) is 1.62. The molecule has 0 atom stereocenters. The van der Waals surface area contributed by atoms with Crippen molar-refractivity contribution in [3.05, 3.63) is 64.1 Å². The lowest BCUT2D eigenvalue weighted by atomic mass is 10.1. The maximum atomic E-state index is 11.3. The molecule has 0 heterocycles. The van der Waals surface area contributed by atoms with Crippen molar-refractivity contribution in [1.82, 2.24) is 0 Å². The van der Waals surface area contributed by atoms with E-state index in [0.717, 1.165) is 5.56 Å². The van der Waals surface area contributed by atoms with E-state index in [9.17, 15) is 9.59 Å². The van der Waals surface area contributed by atoms with E-state index in [0.29, 0.717) is 16.8 Å². The number of rotatable bonds is 5. The third-order valence-electron chi connectivity index (χ3n) is 2.63. The molecule has 0 aromatic heterocycles. The van der Waals surface area contributed by atoms with Crippen molar-refractivity contribution in [2.75, 3.05) is 0 Å². The van der Waals surface area contributed by atoms with E-state index >= 15 is 0 Å². The molecule has 0 aliphatic rings. The van der Waals surface area contributed by atoms with Gasteiger partial charge in [0.1, 0.15) is 12.4 Å². The molecule has 102 valence electrons. The SMILES string of the molecule is O=C(O)C(=O)c1ccc(OCc2ccccc2)c(Br)c1. The van der Waals surface area contributed by atoms with Gasteiger partial charge >= 0.3 is 5.97 Å². The molecule has 0 amide bonds. The van der Waals surface area contributed by atoms with Crippen LogP contribution < -0.4 is 4.74 Å². The molecule has 4 nitrogen and oxygen atoms in total. The van der Waals surface area contributed by atoms with Crippen molar-refractivity contribution in [1.29, 1.82) is 0 Å². The van der Waals surface area contributed by atoms with Crippen LogP contribution in [-0.2, 0) is 11.4 Å². The minimum atomic E-state index is -1.48. The molecule has 0 bridgehead atoms. The number of hydrogen-bond donors (Lipinski definition) is 1. The molecule has 2 aromatic carbocycles. The average Bonchev–Trinajstić information content (AvgIpc) is 2.46. The van der Waals surface area contributed by atoms with E-state index in [2.05, 4.69) is 15.9 Å². The summed E-state index contributed by atoms with van der Waals surface area (Å²) in [5.41, 5.74) is 1.13. The molecule has 2 rings (SSSR count). The lowest BCUT2D eigenvalue weighted by Gasteiger charge is -2.09. The monoisotopic (exact) mass is 334 g/mol. The summed E-state index contributed by atoms with van der Waals surface area (Å²) >= 11 is 3.27. The predicted octanol–water partition coefficient (Wildman–Crippen LogP) is 3.30. The number of benzene rings is 2. The summed E-state index contributed by atoms with van der Waals surface area (Å²) in [6, 6.07) is 14.1. The lowest BCUT2D eigenvalue weighted by molar-refractivity contribution is -0.131. The molecule has 20 heavy (non-hydrogen) atoms. The van der Waals surface area contributed by atoms with Crippen molar-refractivity contribution < 1.29 is 19.4 Å². The van der Waals surface area contributed by atoms with Crippen LogP contribution in [0.25, 0.3) is 0 Å². The largest absolute Gasteiger partial charge is 0.488 e. The Morgan fingerprint density at radius 2 is 1.80 bits per heavy atom. The molecule has 1 N–H and O–H groups in total. The number of hydrogen-bond acceptors (Lipinski definition) is 3. The van der Waals surface area contributed by atoms with Crippen LogP contribution >= 0.6 is 15.9 Å². The maximum absolute atomic E-state index is 11.3. The van der Waals surface area contributed by atoms with E-state index < -0.39 is 11.8 Å². The Kier molecular flexibility index (Phi) is 4.53. The minimum absolute atomic E-state index is 0.108. The molecule has 0 saturated heterocycles. The Balaban J connectivity index is 2.10. The highest BCUT2D eigenvalue weighted by Gasteiger charge is 2.15. The number of carbonyl (C=O) groups is 2. The molecule has 5 heteroatoms. The number of Topliss-reactive ketones (excluding diaryl/α,β-unsaturated/α-hetero) is 1. The van der Waals surface area contributed by atoms with Crippen molar-refractivity contribution in [3.63, 3.8) is 0 Å². The molecule has 0 radical (unpaired) electrons. The first-order chi connectivity index (χ1) is 9.58. The van der Waals surface area contributed by atoms with Crippen LogP contribution in [0.2, 0.25) is 0 Å². The van der Waals surface area contributed by atoms with Crippen LogP contribution in [0.1, 0.15) is 15.9 Å². The van der Waals surface area contributed by atoms with Crippen molar-refractivity contribution in [2.45, 2.75) is 6.61 Å². The Hall–Kier alpha value is -2.14. The van der Waals surface area contributed by atoms with Crippen LogP contribution in [-0.4, -0.2) is 16.9 Å². The first-order valence-corrected chi connectivity index (χ1v) is 6.61. The maximum Gasteiger partial charge on any atom is 0.377 e. The van der Waals surface area contributed by atoms with Crippen molar-refractivity contribution in [2.24, 2.45) is 0 Å². The van der Waals surface area contributed by atoms with Gasteiger partial charge in [0.05, 0.1) is 4.47 Å². The van der Waals surface area contributed by atoms with E-state index in [1.807, 2.05) is 30.3 Å². The van der Waals surface area contributed by atoms with E-state index in [1.54, 1.807) is 6.07 Å². The van der Waals surface area contributed by atoms with Crippen LogP contribution in [0.4, 0.5) is 0 Å². The van der Waals surface area contributed by atoms with E-state index in [-0.39, 0.29) is 5.56 Å². The van der Waals surface area contributed by atoms with Gasteiger partial charge in [0.15, 0.2) is 0 Å². The normalized spacial score (nSPS) is 10.1. The van der Waals surface area contributed by atoms with Gasteiger partial charge in [-0.2, -0.15) is 0 Å². The Morgan fingerprint density at radius 3 is 2.40 bits per heavy atom. The van der Waals surface area contributed by atoms with Gasteiger partial charge in [-0.25, -0.2) is 4.79 Å². The molecule has 0 spiro atoms. The molecule has 0 aliphatic heterocycles. The Bertz CT molecular complexity index is 638. The number of ether oxygens (including phenoxy) is 1. The minimum Gasteiger partial charge on any atom is -0.488 e. The number of carboxylic acid groups (broad SMARTS) is 1. The number of carboxylic acids is 1. The fourth-order valence-corrected chi connectivity index (χ4v) is 2.11. The highest BCUT2D eigenvalue weighted by molar-refractivity contribution is 9.10. The summed E-state index contributed by atoms with van der Waals surface area (Å²) in [5.74, 6) is -1.87. The molecular weight excluding hydrogens is 324 g/mol. The summed E-state index contributed by atoms with van der Waals surface area (Å²) in [7, 11) is 0. The summed E-state index contributed by atoms with van der Waals surface area (Å²) < 4.78 is 6.15. The first-order valence-electron chi connectivity index (χ1n) is 5.82. The van der Waals surface area contributed by atoms with Gasteiger partial charge in [0.25, 0.3) is 5.78 Å². The van der Waals surface area contributed by atoms with Crippen LogP contribution in [0.3, 0.4) is 0 Å². The second kappa shape index (κ2) is 6.34. The molecule has 0 saturated carbocycles. The zero-order valence-electron chi connectivity index (χ0n) is 10.4. The topological polar surface area (TPSA) is 63.6 Å². The molecular formula is C15H11BrO4. The van der Waals surface area contributed by atoms with Gasteiger partial charge < -0.3 is 9.84 Å². The Morgan fingerprint density at radius 1 is 1.10 bits per heavy atom. The number of aliphatic carboxylic acids is 1. The summed E-state index contributed by atoms with van der Waals surface area (Å²) in [5, 5.41) is 8.65. The summed E-state index contributed by atoms with van der Waals surface area (Å²) in [6.45, 7) is 0.395. The zero-order valence-corrected chi connectivity index (χ0v) is 12.0. The fraction of sp³-hybridized carbons (Fsp3) is 0.0667. The van der Waals surface area contributed by atoms with Gasteiger partial charge in [-0.3, -0.25) is 4.79 Å². The van der Waals surface area contributed by atoms with Crippen molar-refractivity contribution in [3.8, 4) is 5.75 Å². The van der Waals surface area contributed by atoms with Crippen LogP contribution in [0.15, 0.2) is 53.0 Å². The number of carbonyl (C=O) groups excluding carboxylic acids is 1. The van der Waals surface area contributed by atoms with Gasteiger partial charge in [-0.15, -0.1) is 0 Å². The third-order valence-corrected chi connectivity index (χ3v) is 3.25. The lowest BCUT2D eigenvalue weighted by Crippen LogP contribution is -2.12. The molecule has 2 aromatic rings. The number of ketones is 1. The van der Waals surface area contributed by atoms with E-state index in [4.69, 9.17) is 9.84 Å². The van der Waals surface area contributed by atoms with Gasteiger partial charge in [-0.1, -0.05) is 30.3 Å². The average molecular weight is 335 g/mol. The second-order valence-electron chi connectivity index (χ2n) is 4.05. The molecule has 0 fully saturated rings. The predicted molar refractivity (Wildman–Crippen MR) is 76.9 cm³/mol. The highest BCUT2D eigenvalue weighted by atomic mass is 79.9. The van der Waals surface area contributed by atoms with Gasteiger partial charge in [0.2, 0.25) is 0 Å². The molecule has 0 aliphatic carbocycles. The molecule has 0 unspecified atom stereocenters. The first kappa shape index (κ1) is 14.3. The summed E-state index contributed by atoms with van der Waals surface area (Å²) in [4.78, 5) is 21.9. The standard InChI is InChI=1S/C15H11BrO4/c16-12-8-11(14(17)15(18)19)6-7-13(12)20-9-10-4-2-1-3-5-10/h1-8H,9H2,(H,18,19). The Labute approximate surface area is 124 Å². The van der Waals surface area contributed by atoms with Gasteiger partial charge in [-0.05, 0) is 39.7 Å². The van der Waals surface area contributed by atoms with Crippen LogP contribution in [0.5, 0.6) is 5.75 Å². The quantitative estimate of drug-likeness (QED) is 0.673. The van der Waals surface area contributed by atoms with Crippen LogP contribution in [0, 0.1) is 0 Å². The second-order valence-corrected chi connectivity index (χ2v) is 4.91. The van der Waals surface area contributed by atoms with E-state index in [1.165, 1.54) is 12.1 Å². The zero-order chi connectivity index (χ0) is 14.5. The highest BCUT2D eigenvalue weighted by Crippen LogP contribution is 2.27. The third kappa shape index (κ3) is 3.45.